The van der Waals surface area contributed by atoms with Crippen LogP contribution in [0.15, 0.2) is 60.7 Å². The number of rotatable bonds is 6. The summed E-state index contributed by atoms with van der Waals surface area (Å²) in [5.41, 5.74) is 0.327. The van der Waals surface area contributed by atoms with Crippen LogP contribution >= 0.6 is 11.6 Å². The Hall–Kier alpha value is -2.47. The van der Waals surface area contributed by atoms with Crippen molar-refractivity contribution in [1.29, 1.82) is 0 Å². The van der Waals surface area contributed by atoms with E-state index in [9.17, 15) is 18.0 Å². The lowest BCUT2D eigenvalue weighted by molar-refractivity contribution is -0.144. The van der Waals surface area contributed by atoms with Crippen molar-refractivity contribution in [1.82, 2.24) is 4.90 Å². The minimum atomic E-state index is -4.38. The Morgan fingerprint density at radius 3 is 2.26 bits per heavy atom. The van der Waals surface area contributed by atoms with Crippen molar-refractivity contribution in [3.63, 3.8) is 0 Å². The van der Waals surface area contributed by atoms with Crippen LogP contribution in [0.1, 0.15) is 50.2 Å². The summed E-state index contributed by atoms with van der Waals surface area (Å²) in [5, 5.41) is 0.653. The highest BCUT2D eigenvalue weighted by atomic mass is 35.5. The molecule has 34 heavy (non-hydrogen) atoms. The van der Waals surface area contributed by atoms with Crippen molar-refractivity contribution in [3.05, 3.63) is 76.8 Å². The molecular weight excluding hydrogens is 463 g/mol. The van der Waals surface area contributed by atoms with Crippen molar-refractivity contribution in [3.8, 4) is 5.75 Å². The van der Waals surface area contributed by atoms with E-state index in [4.69, 9.17) is 16.3 Å². The Morgan fingerprint density at radius 2 is 1.71 bits per heavy atom. The van der Waals surface area contributed by atoms with Gasteiger partial charge in [0, 0.05) is 23.5 Å². The molecule has 4 rings (SSSR count). The Kier molecular flexibility index (Phi) is 6.74. The molecule has 1 saturated heterocycles. The number of halogens is 4. The minimum absolute atomic E-state index is 0.156. The van der Waals surface area contributed by atoms with Crippen molar-refractivity contribution in [2.24, 2.45) is 5.41 Å². The topological polar surface area (TPSA) is 29.5 Å². The third kappa shape index (κ3) is 4.83. The van der Waals surface area contributed by atoms with Gasteiger partial charge in [0.05, 0.1) is 11.0 Å². The van der Waals surface area contributed by atoms with Gasteiger partial charge in [0.15, 0.2) is 0 Å². The molecule has 0 aromatic heterocycles. The molecule has 1 atom stereocenters. The van der Waals surface area contributed by atoms with Gasteiger partial charge in [0.25, 0.3) is 0 Å². The second-order valence-corrected chi connectivity index (χ2v) is 10.2. The van der Waals surface area contributed by atoms with Gasteiger partial charge in [-0.1, -0.05) is 43.7 Å². The highest BCUT2D eigenvalue weighted by molar-refractivity contribution is 6.30. The predicted octanol–water partition coefficient (Wildman–Crippen LogP) is 7.04. The van der Waals surface area contributed by atoms with Crippen LogP contribution in [0.2, 0.25) is 5.02 Å². The number of piperidine rings is 1. The molecule has 1 heterocycles. The summed E-state index contributed by atoms with van der Waals surface area (Å²) in [4.78, 5) is 15.7. The van der Waals surface area contributed by atoms with E-state index in [1.165, 1.54) is 12.1 Å². The number of carbonyl (C=O) groups is 1. The Balaban J connectivity index is 1.42. The fourth-order valence-electron chi connectivity index (χ4n) is 5.01. The fourth-order valence-corrected chi connectivity index (χ4v) is 5.14. The van der Waals surface area contributed by atoms with Crippen molar-refractivity contribution >= 4 is 17.5 Å². The van der Waals surface area contributed by atoms with E-state index >= 15 is 0 Å². The maximum absolute atomic E-state index is 13.7. The largest absolute Gasteiger partial charge is 0.489 e. The maximum Gasteiger partial charge on any atom is 0.416 e. The number of likely N-dealkylation sites (tertiary alicyclic amines) is 1. The van der Waals surface area contributed by atoms with E-state index < -0.39 is 17.2 Å². The number of nitrogens with zero attached hydrogens (tertiary/aromatic N) is 1. The fraction of sp³-hybridized carbons (Fsp3) is 0.444. The van der Waals surface area contributed by atoms with Crippen LogP contribution in [0.5, 0.6) is 5.75 Å². The van der Waals surface area contributed by atoms with E-state index in [1.807, 2.05) is 29.2 Å². The SMILES string of the molecule is C=C(COc1ccc(C(F)(F)F)cc1)[C@]1(C)CCCN(C(=O)C2(c3ccc(Cl)cc3)CCC2)C1. The predicted molar refractivity (Wildman–Crippen MR) is 127 cm³/mol. The van der Waals surface area contributed by atoms with Crippen molar-refractivity contribution < 1.29 is 22.7 Å². The lowest BCUT2D eigenvalue weighted by Gasteiger charge is -2.48. The quantitative estimate of drug-likeness (QED) is 0.405. The number of benzene rings is 2. The number of alkyl halides is 3. The second-order valence-electron chi connectivity index (χ2n) is 9.75. The van der Waals surface area contributed by atoms with Crippen LogP contribution in [-0.2, 0) is 16.4 Å². The van der Waals surface area contributed by atoms with Gasteiger partial charge in [-0.05, 0) is 73.2 Å². The van der Waals surface area contributed by atoms with Crippen LogP contribution < -0.4 is 4.74 Å². The first-order chi connectivity index (χ1) is 16.0. The second kappa shape index (κ2) is 9.29. The van der Waals surface area contributed by atoms with E-state index in [0.29, 0.717) is 23.9 Å². The average molecular weight is 492 g/mol. The maximum atomic E-state index is 13.7. The normalized spacial score (nSPS) is 22.1. The van der Waals surface area contributed by atoms with Crippen LogP contribution in [0.25, 0.3) is 0 Å². The number of carbonyl (C=O) groups excluding carboxylic acids is 1. The first-order valence-corrected chi connectivity index (χ1v) is 12.0. The molecular formula is C27H29ClF3NO2. The molecule has 0 N–H and O–H groups in total. The smallest absolute Gasteiger partial charge is 0.416 e. The standard InChI is InChI=1S/C27H29ClF3NO2/c1-19(17-34-23-11-7-21(8-12-23)27(29,30)31)25(2)13-4-16-32(18-25)24(33)26(14-3-15-26)20-5-9-22(28)10-6-20/h5-12H,1,3-4,13-18H2,2H3/t25-/m1/s1. The van der Waals surface area contributed by atoms with Gasteiger partial charge in [0.2, 0.25) is 5.91 Å². The summed E-state index contributed by atoms with van der Waals surface area (Å²) in [5.74, 6) is 0.515. The van der Waals surface area contributed by atoms with E-state index in [1.54, 1.807) is 0 Å². The number of ether oxygens (including phenoxy) is 1. The molecule has 1 aliphatic carbocycles. The van der Waals surface area contributed by atoms with Gasteiger partial charge < -0.3 is 9.64 Å². The molecule has 1 saturated carbocycles. The molecule has 2 aromatic carbocycles. The highest BCUT2D eigenvalue weighted by Gasteiger charge is 2.49. The summed E-state index contributed by atoms with van der Waals surface area (Å²) in [7, 11) is 0. The van der Waals surface area contributed by atoms with Gasteiger partial charge in [-0.25, -0.2) is 0 Å². The summed E-state index contributed by atoms with van der Waals surface area (Å²) in [6.07, 6.45) is 0.0418. The van der Waals surface area contributed by atoms with Crippen LogP contribution in [0.3, 0.4) is 0 Å². The first kappa shape index (κ1) is 24.6. The summed E-state index contributed by atoms with van der Waals surface area (Å²) in [6, 6.07) is 12.3. The van der Waals surface area contributed by atoms with E-state index in [2.05, 4.69) is 13.5 Å². The summed E-state index contributed by atoms with van der Waals surface area (Å²) in [6.45, 7) is 7.75. The first-order valence-electron chi connectivity index (χ1n) is 11.6. The molecule has 0 spiro atoms. The molecule has 2 aromatic rings. The van der Waals surface area contributed by atoms with Gasteiger partial charge in [-0.15, -0.1) is 0 Å². The van der Waals surface area contributed by atoms with Gasteiger partial charge in [-0.3, -0.25) is 4.79 Å². The molecule has 1 amide bonds. The molecule has 0 radical (unpaired) electrons. The number of hydrogen-bond donors (Lipinski definition) is 0. The van der Waals surface area contributed by atoms with Gasteiger partial charge in [-0.2, -0.15) is 13.2 Å². The van der Waals surface area contributed by atoms with Crippen LogP contribution in [0, 0.1) is 5.41 Å². The molecule has 2 aliphatic rings. The zero-order valence-electron chi connectivity index (χ0n) is 19.3. The van der Waals surface area contributed by atoms with Gasteiger partial charge >= 0.3 is 6.18 Å². The average Bonchev–Trinajstić information content (AvgIpc) is 2.77. The van der Waals surface area contributed by atoms with Gasteiger partial charge in [0.1, 0.15) is 12.4 Å². The number of hydrogen-bond acceptors (Lipinski definition) is 2. The van der Waals surface area contributed by atoms with Crippen molar-refractivity contribution in [2.45, 2.75) is 50.6 Å². The Labute approximate surface area is 203 Å². The molecule has 0 bridgehead atoms. The molecule has 0 unspecified atom stereocenters. The van der Waals surface area contributed by atoms with E-state index in [-0.39, 0.29) is 17.9 Å². The third-order valence-corrected chi connectivity index (χ3v) is 7.70. The lowest BCUT2D eigenvalue weighted by atomic mass is 9.63. The molecule has 182 valence electrons. The van der Waals surface area contributed by atoms with Crippen LogP contribution in [-0.4, -0.2) is 30.5 Å². The summed E-state index contributed by atoms with van der Waals surface area (Å²) < 4.78 is 44.1. The third-order valence-electron chi connectivity index (χ3n) is 7.45. The molecule has 3 nitrogen and oxygen atoms in total. The Morgan fingerprint density at radius 1 is 1.06 bits per heavy atom. The monoisotopic (exact) mass is 491 g/mol. The zero-order chi connectivity index (χ0) is 24.6. The summed E-state index contributed by atoms with van der Waals surface area (Å²) >= 11 is 6.06. The molecule has 1 aliphatic heterocycles. The molecule has 7 heteroatoms. The molecule has 2 fully saturated rings. The van der Waals surface area contributed by atoms with Crippen molar-refractivity contribution in [2.75, 3.05) is 19.7 Å². The number of amides is 1. The highest BCUT2D eigenvalue weighted by Crippen LogP contribution is 2.47. The zero-order valence-corrected chi connectivity index (χ0v) is 20.0. The van der Waals surface area contributed by atoms with Crippen LogP contribution in [0.4, 0.5) is 13.2 Å². The lowest BCUT2D eigenvalue weighted by Crippen LogP contribution is -2.55. The Bertz CT molecular complexity index is 1050. The van der Waals surface area contributed by atoms with E-state index in [0.717, 1.165) is 55.4 Å². The minimum Gasteiger partial charge on any atom is -0.489 e.